The van der Waals surface area contributed by atoms with Crippen molar-refractivity contribution >= 4 is 11.7 Å². The quantitative estimate of drug-likeness (QED) is 0.712. The lowest BCUT2D eigenvalue weighted by atomic mass is 10.2. The third-order valence-electron chi connectivity index (χ3n) is 3.19. The van der Waals surface area contributed by atoms with E-state index in [0.29, 0.717) is 24.6 Å². The number of pyridine rings is 1. The van der Waals surface area contributed by atoms with Crippen LogP contribution in [0.1, 0.15) is 22.5 Å². The van der Waals surface area contributed by atoms with Gasteiger partial charge in [-0.05, 0) is 44.8 Å². The predicted octanol–water partition coefficient (Wildman–Crippen LogP) is 1.17. The van der Waals surface area contributed by atoms with Crippen molar-refractivity contribution in [3.63, 3.8) is 0 Å². The van der Waals surface area contributed by atoms with E-state index in [-0.39, 0.29) is 5.91 Å². The molecule has 7 heteroatoms. The number of amides is 1. The smallest absolute Gasteiger partial charge is 0.270 e. The number of hydrogen-bond acceptors (Lipinski definition) is 6. The summed E-state index contributed by atoms with van der Waals surface area (Å²) < 4.78 is 0. The first kappa shape index (κ1) is 16.8. The minimum absolute atomic E-state index is 0.182. The first-order valence-corrected chi connectivity index (χ1v) is 7.53. The van der Waals surface area contributed by atoms with Crippen LogP contribution in [0.25, 0.3) is 0 Å². The maximum atomic E-state index is 12.1. The van der Waals surface area contributed by atoms with Gasteiger partial charge in [-0.15, -0.1) is 0 Å². The molecule has 23 heavy (non-hydrogen) atoms. The van der Waals surface area contributed by atoms with Crippen LogP contribution in [0.3, 0.4) is 0 Å². The van der Waals surface area contributed by atoms with Gasteiger partial charge in [0.25, 0.3) is 5.91 Å². The SMILES string of the molecule is CN(C)CCCNC(=O)c1cc(NCc2ccncc2)ncn1. The molecule has 0 aliphatic carbocycles. The fraction of sp³-hybridized carbons (Fsp3) is 0.375. The zero-order chi connectivity index (χ0) is 16.5. The van der Waals surface area contributed by atoms with Gasteiger partial charge in [0.2, 0.25) is 0 Å². The van der Waals surface area contributed by atoms with Gasteiger partial charge in [0.05, 0.1) is 0 Å². The van der Waals surface area contributed by atoms with Crippen molar-refractivity contribution in [2.45, 2.75) is 13.0 Å². The zero-order valence-corrected chi connectivity index (χ0v) is 13.5. The summed E-state index contributed by atoms with van der Waals surface area (Å²) in [4.78, 5) is 26.3. The fourth-order valence-electron chi connectivity index (χ4n) is 1.96. The molecule has 0 saturated heterocycles. The van der Waals surface area contributed by atoms with E-state index in [9.17, 15) is 4.79 Å². The molecule has 2 N–H and O–H groups in total. The van der Waals surface area contributed by atoms with E-state index in [1.54, 1.807) is 18.5 Å². The average Bonchev–Trinajstić information content (AvgIpc) is 2.58. The van der Waals surface area contributed by atoms with E-state index < -0.39 is 0 Å². The average molecular weight is 314 g/mol. The highest BCUT2D eigenvalue weighted by atomic mass is 16.1. The number of nitrogens with one attached hydrogen (secondary N) is 2. The summed E-state index contributed by atoms with van der Waals surface area (Å²) in [6, 6.07) is 5.50. The second kappa shape index (κ2) is 8.79. The second-order valence-corrected chi connectivity index (χ2v) is 5.41. The molecular formula is C16H22N6O. The molecule has 2 aromatic rings. The highest BCUT2D eigenvalue weighted by Gasteiger charge is 2.08. The minimum atomic E-state index is -0.182. The number of nitrogens with zero attached hydrogens (tertiary/aromatic N) is 4. The van der Waals surface area contributed by atoms with Crippen LogP contribution >= 0.6 is 0 Å². The molecule has 0 unspecified atom stereocenters. The summed E-state index contributed by atoms with van der Waals surface area (Å²) in [5, 5.41) is 6.04. The molecule has 2 aromatic heterocycles. The summed E-state index contributed by atoms with van der Waals surface area (Å²) in [6.45, 7) is 2.17. The van der Waals surface area contributed by atoms with E-state index in [4.69, 9.17) is 0 Å². The molecule has 0 aliphatic rings. The van der Waals surface area contributed by atoms with Crippen LogP contribution in [-0.2, 0) is 6.54 Å². The Hall–Kier alpha value is -2.54. The normalized spacial score (nSPS) is 10.6. The molecule has 1 amide bonds. The molecule has 0 saturated carbocycles. The molecule has 0 radical (unpaired) electrons. The molecule has 0 aromatic carbocycles. The number of anilines is 1. The first-order chi connectivity index (χ1) is 11.1. The van der Waals surface area contributed by atoms with Gasteiger partial charge in [-0.1, -0.05) is 0 Å². The van der Waals surface area contributed by atoms with E-state index in [2.05, 4.69) is 30.5 Å². The molecule has 0 fully saturated rings. The van der Waals surface area contributed by atoms with E-state index in [0.717, 1.165) is 18.5 Å². The van der Waals surface area contributed by atoms with Gasteiger partial charge in [-0.25, -0.2) is 9.97 Å². The Balaban J connectivity index is 1.85. The van der Waals surface area contributed by atoms with Crippen molar-refractivity contribution in [2.75, 3.05) is 32.5 Å². The van der Waals surface area contributed by atoms with Crippen molar-refractivity contribution in [3.8, 4) is 0 Å². The van der Waals surface area contributed by atoms with Gasteiger partial charge < -0.3 is 15.5 Å². The van der Waals surface area contributed by atoms with Crippen molar-refractivity contribution in [2.24, 2.45) is 0 Å². The van der Waals surface area contributed by atoms with E-state index in [1.807, 2.05) is 26.2 Å². The second-order valence-electron chi connectivity index (χ2n) is 5.41. The molecule has 2 heterocycles. The molecule has 0 aliphatic heterocycles. The number of aromatic nitrogens is 3. The number of rotatable bonds is 8. The Bertz CT molecular complexity index is 617. The van der Waals surface area contributed by atoms with Gasteiger partial charge in [-0.3, -0.25) is 9.78 Å². The first-order valence-electron chi connectivity index (χ1n) is 7.53. The number of hydrogen-bond donors (Lipinski definition) is 2. The summed E-state index contributed by atoms with van der Waals surface area (Å²) in [5.41, 5.74) is 1.45. The highest BCUT2D eigenvalue weighted by molar-refractivity contribution is 5.92. The largest absolute Gasteiger partial charge is 0.366 e. The topological polar surface area (TPSA) is 83.0 Å². The summed E-state index contributed by atoms with van der Waals surface area (Å²) >= 11 is 0. The Morgan fingerprint density at radius 2 is 2.00 bits per heavy atom. The fourth-order valence-corrected chi connectivity index (χ4v) is 1.96. The van der Waals surface area contributed by atoms with Gasteiger partial charge in [0.1, 0.15) is 17.8 Å². The Morgan fingerprint density at radius 1 is 1.22 bits per heavy atom. The standard InChI is InChI=1S/C16H22N6O/c1-22(2)9-3-6-18-16(23)14-10-15(21-12-20-14)19-11-13-4-7-17-8-5-13/h4-5,7-8,10,12H,3,6,9,11H2,1-2H3,(H,18,23)(H,19,20,21). The molecule has 2 rings (SSSR count). The molecule has 0 bridgehead atoms. The Morgan fingerprint density at radius 3 is 2.74 bits per heavy atom. The van der Waals surface area contributed by atoms with Gasteiger partial charge in [-0.2, -0.15) is 0 Å². The predicted molar refractivity (Wildman–Crippen MR) is 89.1 cm³/mol. The van der Waals surface area contributed by atoms with Crippen molar-refractivity contribution in [3.05, 3.63) is 48.2 Å². The number of carbonyl (C=O) groups is 1. The summed E-state index contributed by atoms with van der Waals surface area (Å²) in [5.74, 6) is 0.438. The summed E-state index contributed by atoms with van der Waals surface area (Å²) in [7, 11) is 4.01. The minimum Gasteiger partial charge on any atom is -0.366 e. The van der Waals surface area contributed by atoms with Crippen LogP contribution in [0.15, 0.2) is 36.9 Å². The molecule has 122 valence electrons. The van der Waals surface area contributed by atoms with E-state index in [1.165, 1.54) is 6.33 Å². The monoisotopic (exact) mass is 314 g/mol. The van der Waals surface area contributed by atoms with Gasteiger partial charge in [0.15, 0.2) is 0 Å². The highest BCUT2D eigenvalue weighted by Crippen LogP contribution is 2.06. The molecule has 0 atom stereocenters. The molecule has 7 nitrogen and oxygen atoms in total. The van der Waals surface area contributed by atoms with Crippen molar-refractivity contribution < 1.29 is 4.79 Å². The zero-order valence-electron chi connectivity index (χ0n) is 13.5. The Labute approximate surface area is 136 Å². The van der Waals surface area contributed by atoms with Crippen molar-refractivity contribution in [1.82, 2.24) is 25.2 Å². The lowest BCUT2D eigenvalue weighted by molar-refractivity contribution is 0.0947. The van der Waals surface area contributed by atoms with Gasteiger partial charge in [0, 0.05) is 31.5 Å². The molecular weight excluding hydrogens is 292 g/mol. The maximum absolute atomic E-state index is 12.1. The number of carbonyl (C=O) groups excluding carboxylic acids is 1. The van der Waals surface area contributed by atoms with Gasteiger partial charge >= 0.3 is 0 Å². The van der Waals surface area contributed by atoms with Crippen molar-refractivity contribution in [1.29, 1.82) is 0 Å². The summed E-state index contributed by atoms with van der Waals surface area (Å²) in [6.07, 6.45) is 5.77. The Kier molecular flexibility index (Phi) is 6.43. The van der Waals surface area contributed by atoms with Crippen LogP contribution in [0.2, 0.25) is 0 Å². The van der Waals surface area contributed by atoms with E-state index >= 15 is 0 Å². The van der Waals surface area contributed by atoms with Crippen LogP contribution in [0.5, 0.6) is 0 Å². The van der Waals surface area contributed by atoms with Crippen LogP contribution in [0.4, 0.5) is 5.82 Å². The maximum Gasteiger partial charge on any atom is 0.270 e. The third-order valence-corrected chi connectivity index (χ3v) is 3.19. The van der Waals surface area contributed by atoms with Crippen LogP contribution < -0.4 is 10.6 Å². The van der Waals surface area contributed by atoms with Crippen LogP contribution in [-0.4, -0.2) is 52.9 Å². The third kappa shape index (κ3) is 5.99. The van der Waals surface area contributed by atoms with Crippen LogP contribution in [0, 0.1) is 0 Å². The lowest BCUT2D eigenvalue weighted by Crippen LogP contribution is -2.27. The molecule has 0 spiro atoms. The lowest BCUT2D eigenvalue weighted by Gasteiger charge is -2.10.